The van der Waals surface area contributed by atoms with Crippen molar-refractivity contribution >= 4 is 16.1 Å². The fourth-order valence-electron chi connectivity index (χ4n) is 4.83. The van der Waals surface area contributed by atoms with E-state index in [9.17, 15) is 27.1 Å². The number of carboxylic acid groups (broad SMARTS) is 1. The van der Waals surface area contributed by atoms with Crippen molar-refractivity contribution < 1.29 is 31.8 Å². The lowest BCUT2D eigenvalue weighted by Gasteiger charge is -2.55. The third kappa shape index (κ3) is 3.14. The molecule has 27 heavy (non-hydrogen) atoms. The van der Waals surface area contributed by atoms with Crippen LogP contribution in [0.25, 0.3) is 0 Å². The minimum atomic E-state index is -3.71. The Morgan fingerprint density at radius 1 is 1.15 bits per heavy atom. The summed E-state index contributed by atoms with van der Waals surface area (Å²) >= 11 is 0. The Labute approximate surface area is 155 Å². The molecule has 3 heterocycles. The second-order valence-corrected chi connectivity index (χ2v) is 9.54. The highest BCUT2D eigenvalue weighted by Crippen LogP contribution is 2.51. The Balaban J connectivity index is 1.44. The number of hydrogen-bond acceptors (Lipinski definition) is 4. The summed E-state index contributed by atoms with van der Waals surface area (Å²) in [6, 6.07) is 4.87. The molecule has 0 aliphatic carbocycles. The van der Waals surface area contributed by atoms with Gasteiger partial charge in [-0.25, -0.2) is 13.2 Å². The first-order chi connectivity index (χ1) is 12.7. The van der Waals surface area contributed by atoms with Crippen LogP contribution in [-0.2, 0) is 10.0 Å². The highest BCUT2D eigenvalue weighted by molar-refractivity contribution is 7.89. The first kappa shape index (κ1) is 18.4. The van der Waals surface area contributed by atoms with Crippen molar-refractivity contribution in [2.75, 3.05) is 13.1 Å². The van der Waals surface area contributed by atoms with Crippen molar-refractivity contribution in [2.24, 2.45) is 5.41 Å². The Bertz CT molecular complexity index is 823. The summed E-state index contributed by atoms with van der Waals surface area (Å²) in [6.45, 7) is -2.23. The van der Waals surface area contributed by atoms with Crippen LogP contribution in [-0.4, -0.2) is 60.6 Å². The number of alkyl halides is 2. The van der Waals surface area contributed by atoms with Gasteiger partial charge in [-0.2, -0.15) is 13.1 Å². The topological polar surface area (TPSA) is 87.2 Å². The van der Waals surface area contributed by atoms with Gasteiger partial charge in [0.2, 0.25) is 10.0 Å². The molecule has 1 spiro atoms. The minimum Gasteiger partial charge on any atom is -0.465 e. The van der Waals surface area contributed by atoms with E-state index in [2.05, 4.69) is 4.74 Å². The zero-order valence-electron chi connectivity index (χ0n) is 14.4. The van der Waals surface area contributed by atoms with Crippen LogP contribution in [0.3, 0.4) is 0 Å². The quantitative estimate of drug-likeness (QED) is 0.837. The predicted octanol–water partition coefficient (Wildman–Crippen LogP) is 2.58. The van der Waals surface area contributed by atoms with Crippen molar-refractivity contribution in [2.45, 2.75) is 49.3 Å². The summed E-state index contributed by atoms with van der Waals surface area (Å²) in [4.78, 5) is 13.0. The Morgan fingerprint density at radius 2 is 1.70 bits per heavy atom. The zero-order valence-corrected chi connectivity index (χ0v) is 15.2. The number of carbonyl (C=O) groups is 1. The largest absolute Gasteiger partial charge is 0.465 e. The lowest BCUT2D eigenvalue weighted by Crippen LogP contribution is -2.64. The average molecular weight is 402 g/mol. The Kier molecular flexibility index (Phi) is 4.30. The number of fused-ring (bicyclic) bond motifs is 2. The van der Waals surface area contributed by atoms with E-state index in [-0.39, 0.29) is 28.1 Å². The van der Waals surface area contributed by atoms with Gasteiger partial charge >= 0.3 is 12.7 Å². The fourth-order valence-corrected chi connectivity index (χ4v) is 6.50. The summed E-state index contributed by atoms with van der Waals surface area (Å²) in [7, 11) is -3.71. The van der Waals surface area contributed by atoms with Crippen LogP contribution in [0, 0.1) is 5.41 Å². The molecule has 0 radical (unpaired) electrons. The molecule has 4 rings (SSSR count). The molecule has 3 fully saturated rings. The van der Waals surface area contributed by atoms with Crippen LogP contribution >= 0.6 is 0 Å². The molecule has 2 atom stereocenters. The summed E-state index contributed by atoms with van der Waals surface area (Å²) < 4.78 is 55.5. The van der Waals surface area contributed by atoms with Gasteiger partial charge in [-0.05, 0) is 49.9 Å². The molecule has 0 unspecified atom stereocenters. The monoisotopic (exact) mass is 402 g/mol. The molecule has 1 aromatic carbocycles. The van der Waals surface area contributed by atoms with Crippen LogP contribution in [0.4, 0.5) is 13.6 Å². The van der Waals surface area contributed by atoms with E-state index in [1.165, 1.54) is 33.5 Å². The van der Waals surface area contributed by atoms with Crippen LogP contribution in [0.5, 0.6) is 5.75 Å². The van der Waals surface area contributed by atoms with Gasteiger partial charge in [0.1, 0.15) is 5.75 Å². The highest BCUT2D eigenvalue weighted by atomic mass is 32.2. The van der Waals surface area contributed by atoms with Crippen molar-refractivity contribution in [3.05, 3.63) is 24.3 Å². The number of rotatable bonds is 4. The van der Waals surface area contributed by atoms with Gasteiger partial charge in [0, 0.05) is 30.6 Å². The number of hydrogen-bond donors (Lipinski definition) is 1. The normalized spacial score (nSPS) is 27.0. The van der Waals surface area contributed by atoms with E-state index in [4.69, 9.17) is 0 Å². The standard InChI is InChI=1S/C17H20F2N2O5S/c18-15(19)26-13-3-5-14(6-4-13)27(24,25)20-9-17(10-20)7-11-1-2-12(8-17)21(11)16(22)23/h3-6,11-12,15H,1-2,7-10H2,(H,22,23)/t11-,12+. The number of sulfonamides is 1. The van der Waals surface area contributed by atoms with E-state index in [0.29, 0.717) is 25.9 Å². The Morgan fingerprint density at radius 3 is 2.19 bits per heavy atom. The highest BCUT2D eigenvalue weighted by Gasteiger charge is 2.57. The zero-order chi connectivity index (χ0) is 19.4. The van der Waals surface area contributed by atoms with Crippen molar-refractivity contribution in [3.63, 3.8) is 0 Å². The molecule has 1 N–H and O–H groups in total. The third-order valence-corrected chi connectivity index (χ3v) is 7.69. The van der Waals surface area contributed by atoms with Crippen LogP contribution in [0.1, 0.15) is 25.7 Å². The van der Waals surface area contributed by atoms with Gasteiger partial charge in [0.25, 0.3) is 0 Å². The first-order valence-electron chi connectivity index (χ1n) is 8.77. The number of benzene rings is 1. The Hall–Kier alpha value is -1.94. The minimum absolute atomic E-state index is 0.0307. The summed E-state index contributed by atoms with van der Waals surface area (Å²) in [5.41, 5.74) is -0.163. The predicted molar refractivity (Wildman–Crippen MR) is 90.2 cm³/mol. The van der Waals surface area contributed by atoms with E-state index in [0.717, 1.165) is 12.8 Å². The first-order valence-corrected chi connectivity index (χ1v) is 10.2. The maximum absolute atomic E-state index is 12.8. The molecule has 7 nitrogen and oxygen atoms in total. The van der Waals surface area contributed by atoms with Crippen molar-refractivity contribution in [1.82, 2.24) is 9.21 Å². The summed E-state index contributed by atoms with van der Waals surface area (Å²) in [5, 5.41) is 9.35. The van der Waals surface area contributed by atoms with Crippen LogP contribution in [0.2, 0.25) is 0 Å². The third-order valence-electron chi connectivity index (χ3n) is 5.89. The van der Waals surface area contributed by atoms with E-state index >= 15 is 0 Å². The van der Waals surface area contributed by atoms with Gasteiger partial charge in [0.15, 0.2) is 0 Å². The molecule has 1 aromatic rings. The molecule has 2 bridgehead atoms. The number of nitrogens with zero attached hydrogens (tertiary/aromatic N) is 2. The molecule has 148 valence electrons. The lowest BCUT2D eigenvalue weighted by atomic mass is 9.70. The maximum atomic E-state index is 12.8. The lowest BCUT2D eigenvalue weighted by molar-refractivity contribution is -0.0499. The number of piperidine rings is 1. The van der Waals surface area contributed by atoms with Gasteiger partial charge in [0.05, 0.1) is 4.90 Å². The van der Waals surface area contributed by atoms with Crippen LogP contribution < -0.4 is 4.74 Å². The van der Waals surface area contributed by atoms with Crippen molar-refractivity contribution in [1.29, 1.82) is 0 Å². The molecule has 10 heteroatoms. The van der Waals surface area contributed by atoms with Gasteiger partial charge < -0.3 is 14.7 Å². The van der Waals surface area contributed by atoms with E-state index < -0.39 is 22.7 Å². The molecule has 0 saturated carbocycles. The molecule has 1 amide bonds. The molecule has 0 aromatic heterocycles. The second kappa shape index (κ2) is 6.30. The van der Waals surface area contributed by atoms with Gasteiger partial charge in [-0.3, -0.25) is 0 Å². The van der Waals surface area contributed by atoms with Gasteiger partial charge in [-0.15, -0.1) is 0 Å². The maximum Gasteiger partial charge on any atom is 0.407 e. The molecule has 3 aliphatic rings. The SMILES string of the molecule is O=C(O)N1[C@@H]2CC[C@H]1CC1(C2)CN(S(=O)(=O)c2ccc(OC(F)F)cc2)C1. The van der Waals surface area contributed by atoms with E-state index in [1.807, 2.05) is 0 Å². The number of halogens is 2. The smallest absolute Gasteiger partial charge is 0.407 e. The number of amides is 1. The second-order valence-electron chi connectivity index (χ2n) is 7.61. The van der Waals surface area contributed by atoms with Crippen molar-refractivity contribution in [3.8, 4) is 5.75 Å². The van der Waals surface area contributed by atoms with E-state index in [1.54, 1.807) is 0 Å². The molecule has 3 aliphatic heterocycles. The van der Waals surface area contributed by atoms with Gasteiger partial charge in [-0.1, -0.05) is 0 Å². The summed E-state index contributed by atoms with van der Waals surface area (Å²) in [6.07, 6.45) is 2.13. The molecular weight excluding hydrogens is 382 g/mol. The van der Waals surface area contributed by atoms with Crippen LogP contribution in [0.15, 0.2) is 29.2 Å². The number of ether oxygens (including phenoxy) is 1. The molecule has 3 saturated heterocycles. The molecular formula is C17H20F2N2O5S. The summed E-state index contributed by atoms with van der Waals surface area (Å²) in [5.74, 6) is -0.0957. The fraction of sp³-hybridized carbons (Fsp3) is 0.588. The average Bonchev–Trinajstić information content (AvgIpc) is 2.84.